The van der Waals surface area contributed by atoms with Crippen LogP contribution < -0.4 is 10.6 Å². The van der Waals surface area contributed by atoms with Crippen molar-refractivity contribution < 1.29 is 4.79 Å². The van der Waals surface area contributed by atoms with Crippen LogP contribution in [-0.4, -0.2) is 31.9 Å². The van der Waals surface area contributed by atoms with Gasteiger partial charge in [0.2, 0.25) is 0 Å². The van der Waals surface area contributed by atoms with Gasteiger partial charge in [-0.05, 0) is 37.5 Å². The lowest BCUT2D eigenvalue weighted by Crippen LogP contribution is -2.26. The number of anilines is 1. The topological polar surface area (TPSA) is 92.7 Å². The summed E-state index contributed by atoms with van der Waals surface area (Å²) in [5.74, 6) is 0.568. The lowest BCUT2D eigenvalue weighted by atomic mass is 10.1. The van der Waals surface area contributed by atoms with Crippen LogP contribution in [0.3, 0.4) is 0 Å². The fraction of sp³-hybridized carbons (Fsp3) is 0.208. The quantitative estimate of drug-likeness (QED) is 0.496. The van der Waals surface area contributed by atoms with Crippen molar-refractivity contribution in [2.75, 3.05) is 5.32 Å². The molecule has 1 amide bonds. The highest BCUT2D eigenvalue weighted by Crippen LogP contribution is 2.28. The molecule has 2 N–H and O–H groups in total. The number of hydrogen-bond donors (Lipinski definition) is 2. The number of carbonyl (C=O) groups is 1. The van der Waals surface area contributed by atoms with Crippen LogP contribution in [0.5, 0.6) is 0 Å². The Hall–Kier alpha value is -3.87. The predicted molar refractivity (Wildman–Crippen MR) is 120 cm³/mol. The number of amides is 1. The summed E-state index contributed by atoms with van der Waals surface area (Å²) in [6, 6.07) is 16.4. The summed E-state index contributed by atoms with van der Waals surface area (Å²) >= 11 is 0. The van der Waals surface area contributed by atoms with Gasteiger partial charge < -0.3 is 10.6 Å². The first-order valence-corrected chi connectivity index (χ1v) is 10.4. The third kappa shape index (κ3) is 4.21. The number of fused-ring (bicyclic) bond motifs is 1. The summed E-state index contributed by atoms with van der Waals surface area (Å²) in [4.78, 5) is 30.0. The fourth-order valence-corrected chi connectivity index (χ4v) is 3.46. The molecule has 154 valence electrons. The molecule has 2 heterocycles. The normalized spacial score (nSPS) is 14.2. The van der Waals surface area contributed by atoms with Crippen LogP contribution in [-0.2, 0) is 0 Å². The Kier molecular flexibility index (Phi) is 5.00. The molecule has 31 heavy (non-hydrogen) atoms. The highest BCUT2D eigenvalue weighted by Gasteiger charge is 2.24. The van der Waals surface area contributed by atoms with Gasteiger partial charge in [0.15, 0.2) is 0 Å². The van der Waals surface area contributed by atoms with E-state index in [9.17, 15) is 4.79 Å². The number of carbonyl (C=O) groups excluding carboxylic acids is 1. The molecule has 4 aromatic rings. The molecule has 0 aliphatic heterocycles. The number of aromatic nitrogens is 4. The van der Waals surface area contributed by atoms with Crippen LogP contribution in [0.2, 0.25) is 0 Å². The first-order valence-electron chi connectivity index (χ1n) is 10.4. The Bertz CT molecular complexity index is 1240. The third-order valence-corrected chi connectivity index (χ3v) is 5.36. The van der Waals surface area contributed by atoms with Gasteiger partial charge in [0.1, 0.15) is 17.8 Å². The molecule has 7 heteroatoms. The molecule has 0 spiro atoms. The molecule has 0 bridgehead atoms. The summed E-state index contributed by atoms with van der Waals surface area (Å²) in [6.45, 7) is 2.10. The molecular formula is C24H22N6O. The van der Waals surface area contributed by atoms with Gasteiger partial charge in [0.25, 0.3) is 5.91 Å². The van der Waals surface area contributed by atoms with Crippen LogP contribution >= 0.6 is 0 Å². The summed E-state index contributed by atoms with van der Waals surface area (Å²) in [5.41, 5.74) is 3.81. The lowest BCUT2D eigenvalue weighted by Gasteiger charge is -2.16. The average Bonchev–Trinajstić information content (AvgIpc) is 3.63. The molecule has 2 aromatic carbocycles. The van der Waals surface area contributed by atoms with Crippen molar-refractivity contribution in [2.45, 2.75) is 31.8 Å². The van der Waals surface area contributed by atoms with Gasteiger partial charge in [0, 0.05) is 23.0 Å². The second-order valence-electron chi connectivity index (χ2n) is 7.77. The van der Waals surface area contributed by atoms with E-state index in [0.717, 1.165) is 35.1 Å². The Labute approximate surface area is 180 Å². The number of nitrogens with one attached hydrogen (secondary N) is 2. The smallest absolute Gasteiger partial charge is 0.271 e. The SMILES string of the molecule is C[C@@H](Nc1ncnc2ccc(-c3cncc(C(=O)NC4CC4)n3)cc12)c1ccccc1. The second kappa shape index (κ2) is 8.10. The van der Waals surface area contributed by atoms with Gasteiger partial charge in [-0.15, -0.1) is 0 Å². The van der Waals surface area contributed by atoms with Crippen LogP contribution in [0.15, 0.2) is 67.3 Å². The van der Waals surface area contributed by atoms with E-state index in [0.29, 0.717) is 11.4 Å². The molecule has 1 atom stereocenters. The van der Waals surface area contributed by atoms with Crippen molar-refractivity contribution in [3.63, 3.8) is 0 Å². The van der Waals surface area contributed by atoms with Gasteiger partial charge in [-0.3, -0.25) is 9.78 Å². The zero-order valence-electron chi connectivity index (χ0n) is 17.1. The van der Waals surface area contributed by atoms with Crippen LogP contribution in [0.25, 0.3) is 22.2 Å². The van der Waals surface area contributed by atoms with Gasteiger partial charge in [-0.1, -0.05) is 36.4 Å². The minimum absolute atomic E-state index is 0.0807. The van der Waals surface area contributed by atoms with Crippen molar-refractivity contribution in [1.82, 2.24) is 25.3 Å². The van der Waals surface area contributed by atoms with E-state index in [1.165, 1.54) is 11.8 Å². The Balaban J connectivity index is 1.47. The molecular weight excluding hydrogens is 388 g/mol. The largest absolute Gasteiger partial charge is 0.363 e. The van der Waals surface area contributed by atoms with Gasteiger partial charge in [-0.2, -0.15) is 0 Å². The molecule has 0 radical (unpaired) electrons. The van der Waals surface area contributed by atoms with Crippen molar-refractivity contribution >= 4 is 22.6 Å². The van der Waals surface area contributed by atoms with Crippen molar-refractivity contribution in [2.24, 2.45) is 0 Å². The molecule has 1 saturated carbocycles. The van der Waals surface area contributed by atoms with E-state index in [1.54, 1.807) is 12.5 Å². The monoisotopic (exact) mass is 410 g/mol. The molecule has 1 fully saturated rings. The van der Waals surface area contributed by atoms with E-state index < -0.39 is 0 Å². The molecule has 0 saturated heterocycles. The lowest BCUT2D eigenvalue weighted by molar-refractivity contribution is 0.0946. The number of hydrogen-bond acceptors (Lipinski definition) is 6. The van der Waals surface area contributed by atoms with E-state index in [1.807, 2.05) is 36.4 Å². The minimum atomic E-state index is -0.181. The molecule has 1 aliphatic rings. The van der Waals surface area contributed by atoms with Gasteiger partial charge in [0.05, 0.1) is 23.6 Å². The molecule has 0 unspecified atom stereocenters. The number of benzene rings is 2. The highest BCUT2D eigenvalue weighted by atomic mass is 16.2. The molecule has 1 aliphatic carbocycles. The minimum Gasteiger partial charge on any atom is -0.363 e. The summed E-state index contributed by atoms with van der Waals surface area (Å²) in [5, 5.41) is 7.33. The van der Waals surface area contributed by atoms with E-state index in [4.69, 9.17) is 0 Å². The van der Waals surface area contributed by atoms with Crippen LogP contribution in [0.1, 0.15) is 41.9 Å². The highest BCUT2D eigenvalue weighted by molar-refractivity contribution is 5.94. The average molecular weight is 410 g/mol. The first-order chi connectivity index (χ1) is 15.2. The molecule has 7 nitrogen and oxygen atoms in total. The standard InChI is InChI=1S/C24H22N6O/c1-15(16-5-3-2-4-6-16)28-23-19-11-17(7-10-20(19)26-14-27-23)21-12-25-13-22(30-21)24(31)29-18-8-9-18/h2-7,10-15,18H,8-9H2,1H3,(H,29,31)(H,26,27,28)/t15-/m1/s1. The summed E-state index contributed by atoms with van der Waals surface area (Å²) in [6.07, 6.45) is 6.78. The Morgan fingerprint density at radius 2 is 1.90 bits per heavy atom. The van der Waals surface area contributed by atoms with E-state index in [-0.39, 0.29) is 18.0 Å². The molecule has 5 rings (SSSR count). The van der Waals surface area contributed by atoms with Crippen molar-refractivity contribution in [1.29, 1.82) is 0 Å². The van der Waals surface area contributed by atoms with E-state index >= 15 is 0 Å². The summed E-state index contributed by atoms with van der Waals surface area (Å²) in [7, 11) is 0. The maximum atomic E-state index is 12.4. The van der Waals surface area contributed by atoms with Gasteiger partial charge >= 0.3 is 0 Å². The number of nitrogens with zero attached hydrogens (tertiary/aromatic N) is 4. The molecule has 2 aromatic heterocycles. The maximum absolute atomic E-state index is 12.4. The van der Waals surface area contributed by atoms with Crippen LogP contribution in [0, 0.1) is 0 Å². The van der Waals surface area contributed by atoms with Crippen LogP contribution in [0.4, 0.5) is 5.82 Å². The Morgan fingerprint density at radius 3 is 2.71 bits per heavy atom. The summed E-state index contributed by atoms with van der Waals surface area (Å²) < 4.78 is 0. The van der Waals surface area contributed by atoms with Crippen molar-refractivity contribution in [3.05, 3.63) is 78.5 Å². The van der Waals surface area contributed by atoms with E-state index in [2.05, 4.69) is 49.6 Å². The Morgan fingerprint density at radius 1 is 1.06 bits per heavy atom. The number of rotatable bonds is 6. The maximum Gasteiger partial charge on any atom is 0.271 e. The zero-order chi connectivity index (χ0) is 21.2. The van der Waals surface area contributed by atoms with Gasteiger partial charge in [-0.25, -0.2) is 15.0 Å². The first kappa shape index (κ1) is 19.1. The zero-order valence-corrected chi connectivity index (χ0v) is 17.1. The second-order valence-corrected chi connectivity index (χ2v) is 7.77. The van der Waals surface area contributed by atoms with Crippen molar-refractivity contribution in [3.8, 4) is 11.3 Å². The fourth-order valence-electron chi connectivity index (χ4n) is 3.46. The third-order valence-electron chi connectivity index (χ3n) is 5.36. The predicted octanol–water partition coefficient (Wildman–Crippen LogP) is 4.15.